The van der Waals surface area contributed by atoms with E-state index in [-0.39, 0.29) is 25.7 Å². The molecule has 0 radical (unpaired) electrons. The van der Waals surface area contributed by atoms with Crippen LogP contribution in [0.3, 0.4) is 0 Å². The first-order valence-electron chi connectivity index (χ1n) is 39.6. The molecule has 0 aliphatic rings. The van der Waals surface area contributed by atoms with Crippen molar-refractivity contribution in [2.24, 2.45) is 11.8 Å². The van der Waals surface area contributed by atoms with Crippen molar-refractivity contribution in [1.82, 2.24) is 0 Å². The fourth-order valence-corrected chi connectivity index (χ4v) is 13.2. The Morgan fingerprint density at radius 1 is 0.295 bits per heavy atom. The maximum Gasteiger partial charge on any atom is 0.472 e. The van der Waals surface area contributed by atoms with Crippen LogP contribution in [-0.4, -0.2) is 96.7 Å². The number of hydrogen-bond donors (Lipinski definition) is 3. The van der Waals surface area contributed by atoms with Crippen molar-refractivity contribution in [2.75, 3.05) is 39.6 Å². The van der Waals surface area contributed by atoms with Gasteiger partial charge in [-0.1, -0.05) is 343 Å². The smallest absolute Gasteiger partial charge is 0.462 e. The summed E-state index contributed by atoms with van der Waals surface area (Å²) in [6.07, 6.45) is 55.7. The number of hydrogen-bond acceptors (Lipinski definition) is 15. The van der Waals surface area contributed by atoms with Crippen molar-refractivity contribution in [3.05, 3.63) is 0 Å². The van der Waals surface area contributed by atoms with E-state index in [1.807, 2.05) is 0 Å². The van der Waals surface area contributed by atoms with Crippen LogP contribution in [-0.2, 0) is 65.4 Å². The zero-order valence-corrected chi connectivity index (χ0v) is 63.8. The van der Waals surface area contributed by atoms with Gasteiger partial charge >= 0.3 is 39.5 Å². The molecule has 0 rings (SSSR count). The number of carbonyl (C=O) groups is 4. The summed E-state index contributed by atoms with van der Waals surface area (Å²) in [4.78, 5) is 72.8. The molecule has 3 N–H and O–H groups in total. The van der Waals surface area contributed by atoms with Crippen LogP contribution in [0.25, 0.3) is 0 Å². The number of phosphoric acid groups is 2. The summed E-state index contributed by atoms with van der Waals surface area (Å²) in [5.41, 5.74) is 0. The summed E-state index contributed by atoms with van der Waals surface area (Å²) in [7, 11) is -9.91. The molecule has 0 heterocycles. The van der Waals surface area contributed by atoms with E-state index in [0.29, 0.717) is 25.7 Å². The number of aliphatic hydroxyl groups is 1. The molecule has 0 aromatic rings. The Morgan fingerprint density at radius 2 is 0.505 bits per heavy atom. The summed E-state index contributed by atoms with van der Waals surface area (Å²) < 4.78 is 68.5. The Kier molecular flexibility index (Phi) is 66.5. The molecule has 0 bridgehead atoms. The Balaban J connectivity index is 5.21. The third-order valence-corrected chi connectivity index (χ3v) is 20.3. The Bertz CT molecular complexity index is 1840. The van der Waals surface area contributed by atoms with E-state index in [0.717, 1.165) is 108 Å². The van der Waals surface area contributed by atoms with Crippen molar-refractivity contribution < 1.29 is 80.2 Å². The maximum atomic E-state index is 13.1. The number of phosphoric ester groups is 2. The summed E-state index contributed by atoms with van der Waals surface area (Å²) in [5.74, 6) is -0.669. The molecule has 0 aliphatic carbocycles. The van der Waals surface area contributed by atoms with Crippen LogP contribution in [0.5, 0.6) is 0 Å². The molecule has 0 aromatic carbocycles. The highest BCUT2D eigenvalue weighted by molar-refractivity contribution is 7.47. The average molecular weight is 1400 g/mol. The fourth-order valence-electron chi connectivity index (χ4n) is 11.6. The van der Waals surface area contributed by atoms with E-state index in [1.54, 1.807) is 0 Å². The third-order valence-electron chi connectivity index (χ3n) is 18.4. The zero-order valence-electron chi connectivity index (χ0n) is 62.0. The van der Waals surface area contributed by atoms with Gasteiger partial charge in [-0.2, -0.15) is 0 Å². The van der Waals surface area contributed by atoms with Crippen molar-refractivity contribution in [2.45, 2.75) is 413 Å². The van der Waals surface area contributed by atoms with Gasteiger partial charge in [0.1, 0.15) is 19.3 Å². The maximum absolute atomic E-state index is 13.1. The minimum absolute atomic E-state index is 0.102. The van der Waals surface area contributed by atoms with E-state index in [4.69, 9.17) is 37.0 Å². The molecule has 95 heavy (non-hydrogen) atoms. The average Bonchev–Trinajstić information content (AvgIpc) is 2.60. The molecule has 0 saturated carbocycles. The fraction of sp³-hybridized carbons (Fsp3) is 0.947. The molecule has 17 nitrogen and oxygen atoms in total. The molecular formula is C76H148O17P2. The van der Waals surface area contributed by atoms with Crippen LogP contribution >= 0.6 is 15.6 Å². The Morgan fingerprint density at radius 3 is 0.747 bits per heavy atom. The highest BCUT2D eigenvalue weighted by Gasteiger charge is 2.30. The number of aliphatic hydroxyl groups excluding tert-OH is 1. The molecule has 0 aliphatic heterocycles. The minimum atomic E-state index is -4.96. The largest absolute Gasteiger partial charge is 0.472 e. The van der Waals surface area contributed by atoms with Crippen LogP contribution in [0.2, 0.25) is 0 Å². The molecule has 564 valence electrons. The van der Waals surface area contributed by atoms with Crippen LogP contribution in [0.1, 0.15) is 395 Å². The van der Waals surface area contributed by atoms with Gasteiger partial charge in [-0.15, -0.1) is 0 Å². The van der Waals surface area contributed by atoms with Gasteiger partial charge in [0.05, 0.1) is 26.4 Å². The van der Waals surface area contributed by atoms with Crippen LogP contribution in [0.4, 0.5) is 0 Å². The quantitative estimate of drug-likeness (QED) is 0.0222. The Hall–Kier alpha value is -1.94. The lowest BCUT2D eigenvalue weighted by atomic mass is 10.00. The van der Waals surface area contributed by atoms with Gasteiger partial charge in [0.25, 0.3) is 0 Å². The molecular weight excluding hydrogens is 1250 g/mol. The molecule has 0 spiro atoms. The van der Waals surface area contributed by atoms with Crippen molar-refractivity contribution in [3.63, 3.8) is 0 Å². The highest BCUT2D eigenvalue weighted by atomic mass is 31.2. The molecule has 0 fully saturated rings. The first-order valence-corrected chi connectivity index (χ1v) is 42.6. The topological polar surface area (TPSA) is 237 Å². The molecule has 4 unspecified atom stereocenters. The number of carbonyl (C=O) groups excluding carboxylic acids is 4. The zero-order chi connectivity index (χ0) is 70.0. The minimum Gasteiger partial charge on any atom is -0.462 e. The van der Waals surface area contributed by atoms with Gasteiger partial charge in [-0.25, -0.2) is 9.13 Å². The first-order chi connectivity index (χ1) is 45.9. The van der Waals surface area contributed by atoms with Gasteiger partial charge in [-0.05, 0) is 37.5 Å². The second-order valence-electron chi connectivity index (χ2n) is 27.9. The lowest BCUT2D eigenvalue weighted by Gasteiger charge is -2.21. The molecule has 7 atom stereocenters. The number of ether oxygens (including phenoxy) is 4. The van der Waals surface area contributed by atoms with E-state index in [2.05, 4.69) is 41.5 Å². The summed E-state index contributed by atoms with van der Waals surface area (Å²) in [5, 5.41) is 10.6. The lowest BCUT2D eigenvalue weighted by Crippen LogP contribution is -2.30. The van der Waals surface area contributed by atoms with Crippen molar-refractivity contribution >= 4 is 39.5 Å². The first kappa shape index (κ1) is 93.1. The standard InChI is InChI=1S/C76H148O17P2/c1-7-11-13-15-17-19-21-23-25-26-27-28-29-31-33-35-37-39-48-54-60-75(80)92-71(64-86-73(78)58-52-46-38-36-34-32-30-24-22-20-18-16-14-12-8-2)66-90-94(82,83)88-62-70(77)63-89-95(84,85)91-67-72(93-76(81)61-55-49-43-41-45-51-57-69(6)10-4)65-87-74(79)59-53-47-42-40-44-50-56-68(5)9-3/h68-72,77H,7-67H2,1-6H3,(H,82,83)(H,84,85)/t68?,69?,70-,71-,72-/m1/s1. The van der Waals surface area contributed by atoms with E-state index in [1.165, 1.54) is 205 Å². The van der Waals surface area contributed by atoms with Gasteiger partial charge < -0.3 is 33.8 Å². The van der Waals surface area contributed by atoms with E-state index < -0.39 is 97.5 Å². The van der Waals surface area contributed by atoms with Gasteiger partial charge in [0.2, 0.25) is 0 Å². The SMILES string of the molecule is CCCCCCCCCCCCCCCCCCCCCCC(=O)O[C@H](COC(=O)CCCCCCCCCCCCCCCCC)COP(=O)(O)OC[C@@H](O)COP(=O)(O)OC[C@@H](COC(=O)CCCCCCCCC(C)CC)OC(=O)CCCCCCCCC(C)CC. The summed E-state index contributed by atoms with van der Waals surface area (Å²) >= 11 is 0. The van der Waals surface area contributed by atoms with Crippen molar-refractivity contribution in [1.29, 1.82) is 0 Å². The van der Waals surface area contributed by atoms with Gasteiger partial charge in [-0.3, -0.25) is 37.3 Å². The van der Waals surface area contributed by atoms with Gasteiger partial charge in [0.15, 0.2) is 12.2 Å². The highest BCUT2D eigenvalue weighted by Crippen LogP contribution is 2.45. The summed E-state index contributed by atoms with van der Waals surface area (Å²) in [6, 6.07) is 0. The lowest BCUT2D eigenvalue weighted by molar-refractivity contribution is -0.161. The summed E-state index contributed by atoms with van der Waals surface area (Å²) in [6.45, 7) is 9.50. The normalized spacial score (nSPS) is 14.6. The second-order valence-corrected chi connectivity index (χ2v) is 30.8. The monoisotopic (exact) mass is 1400 g/mol. The molecule has 0 saturated heterocycles. The van der Waals surface area contributed by atoms with Crippen LogP contribution in [0, 0.1) is 11.8 Å². The number of esters is 4. The van der Waals surface area contributed by atoms with Crippen LogP contribution < -0.4 is 0 Å². The predicted octanol–water partition coefficient (Wildman–Crippen LogP) is 22.3. The van der Waals surface area contributed by atoms with Crippen LogP contribution in [0.15, 0.2) is 0 Å². The molecule has 0 amide bonds. The molecule has 19 heteroatoms. The number of unbranched alkanes of at least 4 members (excludes halogenated alkanes) is 43. The number of rotatable bonds is 75. The second kappa shape index (κ2) is 67.9. The third kappa shape index (κ3) is 67.6. The van der Waals surface area contributed by atoms with Crippen molar-refractivity contribution in [3.8, 4) is 0 Å². The van der Waals surface area contributed by atoms with E-state index >= 15 is 0 Å². The van der Waals surface area contributed by atoms with E-state index in [9.17, 15) is 43.2 Å². The Labute approximate surface area is 581 Å². The molecule has 0 aromatic heterocycles. The predicted molar refractivity (Wildman–Crippen MR) is 386 cm³/mol. The van der Waals surface area contributed by atoms with Gasteiger partial charge in [0, 0.05) is 25.7 Å².